The van der Waals surface area contributed by atoms with Crippen molar-refractivity contribution in [2.24, 2.45) is 5.92 Å². The zero-order chi connectivity index (χ0) is 16.2. The van der Waals surface area contributed by atoms with Crippen LogP contribution in [0.5, 0.6) is 0 Å². The fourth-order valence-electron chi connectivity index (χ4n) is 2.94. The van der Waals surface area contributed by atoms with Crippen LogP contribution in [0.3, 0.4) is 0 Å². The Hall–Kier alpha value is -2.28. The van der Waals surface area contributed by atoms with Gasteiger partial charge in [-0.15, -0.1) is 5.10 Å². The average Bonchev–Trinajstić information content (AvgIpc) is 2.58. The third-order valence-electron chi connectivity index (χ3n) is 4.09. The predicted molar refractivity (Wildman–Crippen MR) is 84.7 cm³/mol. The summed E-state index contributed by atoms with van der Waals surface area (Å²) in [7, 11) is 0. The normalized spacial score (nSPS) is 18.9. The number of hydrogen-bond donors (Lipinski definition) is 0. The van der Waals surface area contributed by atoms with Crippen molar-refractivity contribution in [3.05, 3.63) is 34.6 Å². The Kier molecular flexibility index (Phi) is 4.66. The maximum absolute atomic E-state index is 12.5. The van der Waals surface area contributed by atoms with Gasteiger partial charge in [0.15, 0.2) is 0 Å². The van der Waals surface area contributed by atoms with Gasteiger partial charge in [0.2, 0.25) is 0 Å². The smallest absolute Gasteiger partial charge is 0.310 e. The van der Waals surface area contributed by atoms with Gasteiger partial charge in [-0.1, -0.05) is 17.3 Å². The molecule has 1 saturated heterocycles. The topological polar surface area (TPSA) is 77.3 Å². The monoisotopic (exact) mass is 316 g/mol. The molecule has 1 aromatic heterocycles. The van der Waals surface area contributed by atoms with Crippen LogP contribution in [0.4, 0.5) is 0 Å². The minimum atomic E-state index is -0.158. The molecule has 1 aliphatic heterocycles. The lowest BCUT2D eigenvalue weighted by Gasteiger charge is -2.31. The van der Waals surface area contributed by atoms with Gasteiger partial charge >= 0.3 is 5.97 Å². The van der Waals surface area contributed by atoms with E-state index >= 15 is 0 Å². The molecule has 1 aliphatic rings. The highest BCUT2D eigenvalue weighted by molar-refractivity contribution is 5.76. The van der Waals surface area contributed by atoms with Gasteiger partial charge in [0.25, 0.3) is 5.56 Å². The van der Waals surface area contributed by atoms with Gasteiger partial charge in [-0.3, -0.25) is 14.5 Å². The van der Waals surface area contributed by atoms with Gasteiger partial charge < -0.3 is 4.74 Å². The molecule has 23 heavy (non-hydrogen) atoms. The van der Waals surface area contributed by atoms with E-state index in [1.54, 1.807) is 12.1 Å². The summed E-state index contributed by atoms with van der Waals surface area (Å²) < 4.78 is 6.46. The molecular weight excluding hydrogens is 296 g/mol. The second-order valence-corrected chi connectivity index (χ2v) is 5.72. The maximum Gasteiger partial charge on any atom is 0.310 e. The molecule has 122 valence electrons. The van der Waals surface area contributed by atoms with Crippen molar-refractivity contribution in [1.29, 1.82) is 0 Å². The van der Waals surface area contributed by atoms with Crippen LogP contribution in [0, 0.1) is 5.92 Å². The van der Waals surface area contributed by atoms with Crippen molar-refractivity contribution in [3.63, 3.8) is 0 Å². The highest BCUT2D eigenvalue weighted by Crippen LogP contribution is 2.18. The minimum Gasteiger partial charge on any atom is -0.466 e. The Morgan fingerprint density at radius 1 is 1.39 bits per heavy atom. The number of fused-ring (bicyclic) bond motifs is 1. The number of carbonyl (C=O) groups is 1. The Bertz CT molecular complexity index is 758. The van der Waals surface area contributed by atoms with Gasteiger partial charge in [-0.25, -0.2) is 0 Å². The third-order valence-corrected chi connectivity index (χ3v) is 4.09. The van der Waals surface area contributed by atoms with Gasteiger partial charge in [0, 0.05) is 6.54 Å². The van der Waals surface area contributed by atoms with Crippen LogP contribution in [0.25, 0.3) is 10.9 Å². The van der Waals surface area contributed by atoms with Crippen molar-refractivity contribution in [2.45, 2.75) is 26.4 Å². The van der Waals surface area contributed by atoms with E-state index < -0.39 is 0 Å². The molecular formula is C16H20N4O3. The van der Waals surface area contributed by atoms with E-state index in [-0.39, 0.29) is 17.4 Å². The van der Waals surface area contributed by atoms with Crippen LogP contribution in [0.1, 0.15) is 19.8 Å². The molecule has 2 heterocycles. The summed E-state index contributed by atoms with van der Waals surface area (Å²) in [6, 6.07) is 7.16. The first-order valence-electron chi connectivity index (χ1n) is 7.90. The number of ether oxygens (including phenoxy) is 1. The molecule has 7 heteroatoms. The lowest BCUT2D eigenvalue weighted by Crippen LogP contribution is -2.42. The zero-order valence-electron chi connectivity index (χ0n) is 13.1. The lowest BCUT2D eigenvalue weighted by atomic mass is 9.99. The molecule has 7 nitrogen and oxygen atoms in total. The van der Waals surface area contributed by atoms with Gasteiger partial charge in [0.1, 0.15) is 5.52 Å². The number of carbonyl (C=O) groups excluding carboxylic acids is 1. The molecule has 0 aliphatic carbocycles. The lowest BCUT2D eigenvalue weighted by molar-refractivity contribution is -0.150. The number of benzene rings is 1. The highest BCUT2D eigenvalue weighted by Gasteiger charge is 2.27. The van der Waals surface area contributed by atoms with E-state index in [2.05, 4.69) is 15.2 Å². The average molecular weight is 316 g/mol. The number of likely N-dealkylation sites (tertiary alicyclic amines) is 1. The van der Waals surface area contributed by atoms with Gasteiger partial charge in [-0.05, 0) is 38.4 Å². The van der Waals surface area contributed by atoms with Crippen molar-refractivity contribution in [3.8, 4) is 0 Å². The van der Waals surface area contributed by atoms with Crippen LogP contribution < -0.4 is 5.56 Å². The summed E-state index contributed by atoms with van der Waals surface area (Å²) in [4.78, 5) is 26.4. The number of hydrogen-bond acceptors (Lipinski definition) is 6. The van der Waals surface area contributed by atoms with E-state index in [9.17, 15) is 9.59 Å². The Balaban J connectivity index is 1.75. The molecule has 3 rings (SSSR count). The molecule has 0 spiro atoms. The standard InChI is InChI=1S/C16H20N4O3/c1-2-23-16(22)12-6-5-9-19(10-12)11-20-15(21)13-7-3-4-8-14(13)17-18-20/h3-4,7-8,12H,2,5-6,9-11H2,1H3/t12-/m0/s1. The number of piperidine rings is 1. The Morgan fingerprint density at radius 3 is 3.04 bits per heavy atom. The van der Waals surface area contributed by atoms with E-state index in [0.717, 1.165) is 19.4 Å². The summed E-state index contributed by atoms with van der Waals surface area (Å²) in [6.07, 6.45) is 1.73. The fourth-order valence-corrected chi connectivity index (χ4v) is 2.94. The van der Waals surface area contributed by atoms with E-state index in [1.807, 2.05) is 19.1 Å². The SMILES string of the molecule is CCOC(=O)[C@H]1CCCN(Cn2nnc3ccccc3c2=O)C1. The predicted octanol–water partition coefficient (Wildman–Crippen LogP) is 1.02. The van der Waals surface area contributed by atoms with Gasteiger partial charge in [0.05, 0.1) is 24.6 Å². The Labute approximate surface area is 133 Å². The number of aromatic nitrogens is 3. The van der Waals surface area contributed by atoms with Crippen molar-refractivity contribution in [2.75, 3.05) is 19.7 Å². The maximum atomic E-state index is 12.5. The van der Waals surface area contributed by atoms with E-state index in [0.29, 0.717) is 30.7 Å². The summed E-state index contributed by atoms with van der Waals surface area (Å²) in [5.41, 5.74) is 0.436. The largest absolute Gasteiger partial charge is 0.466 e. The van der Waals surface area contributed by atoms with Crippen LogP contribution >= 0.6 is 0 Å². The van der Waals surface area contributed by atoms with Crippen LogP contribution in [0.2, 0.25) is 0 Å². The number of esters is 1. The first kappa shape index (κ1) is 15.6. The highest BCUT2D eigenvalue weighted by atomic mass is 16.5. The van der Waals surface area contributed by atoms with Crippen LogP contribution in [-0.2, 0) is 16.2 Å². The fraction of sp³-hybridized carbons (Fsp3) is 0.500. The van der Waals surface area contributed by atoms with E-state index in [1.165, 1.54) is 4.68 Å². The van der Waals surface area contributed by atoms with Crippen molar-refractivity contribution >= 4 is 16.9 Å². The molecule has 1 atom stereocenters. The summed E-state index contributed by atoms with van der Waals surface area (Å²) in [5.74, 6) is -0.290. The van der Waals surface area contributed by atoms with Crippen LogP contribution in [0.15, 0.2) is 29.1 Å². The molecule has 1 aromatic carbocycles. The number of nitrogens with zero attached hydrogens (tertiary/aromatic N) is 4. The molecule has 0 saturated carbocycles. The Morgan fingerprint density at radius 2 is 2.22 bits per heavy atom. The summed E-state index contributed by atoms with van der Waals surface area (Å²) in [5, 5.41) is 8.65. The molecule has 0 bridgehead atoms. The first-order chi connectivity index (χ1) is 11.2. The first-order valence-corrected chi connectivity index (χ1v) is 7.90. The molecule has 0 amide bonds. The molecule has 0 N–H and O–H groups in total. The molecule has 0 radical (unpaired) electrons. The summed E-state index contributed by atoms with van der Waals surface area (Å²) in [6.45, 7) is 3.96. The molecule has 0 unspecified atom stereocenters. The van der Waals surface area contributed by atoms with Gasteiger partial charge in [-0.2, -0.15) is 4.68 Å². The molecule has 2 aromatic rings. The number of rotatable bonds is 4. The summed E-state index contributed by atoms with van der Waals surface area (Å²) >= 11 is 0. The third kappa shape index (κ3) is 3.39. The van der Waals surface area contributed by atoms with E-state index in [4.69, 9.17) is 4.74 Å². The molecule has 1 fully saturated rings. The van der Waals surface area contributed by atoms with Crippen molar-refractivity contribution in [1.82, 2.24) is 19.9 Å². The minimum absolute atomic E-state index is 0.132. The van der Waals surface area contributed by atoms with Crippen LogP contribution in [-0.4, -0.2) is 45.6 Å². The van der Waals surface area contributed by atoms with Crippen molar-refractivity contribution < 1.29 is 9.53 Å². The second kappa shape index (κ2) is 6.87. The quantitative estimate of drug-likeness (QED) is 0.784. The second-order valence-electron chi connectivity index (χ2n) is 5.72. The zero-order valence-corrected chi connectivity index (χ0v) is 13.1.